The number of halogens is 2. The van der Waals surface area contributed by atoms with Crippen LogP contribution in [0.15, 0.2) is 21.1 Å². The first kappa shape index (κ1) is 14.0. The van der Waals surface area contributed by atoms with Crippen molar-refractivity contribution in [3.05, 3.63) is 26.6 Å². The number of hydrogen-bond donors (Lipinski definition) is 2. The van der Waals surface area contributed by atoms with Crippen molar-refractivity contribution in [2.75, 3.05) is 13.2 Å². The van der Waals surface area contributed by atoms with Gasteiger partial charge in [0.25, 0.3) is 0 Å². The number of nitrogens with two attached hydrogens (primary N) is 1. The highest BCUT2D eigenvalue weighted by Gasteiger charge is 2.10. The summed E-state index contributed by atoms with van der Waals surface area (Å²) in [4.78, 5) is 0. The van der Waals surface area contributed by atoms with Crippen LogP contribution in [0, 0.1) is 5.92 Å². The van der Waals surface area contributed by atoms with Gasteiger partial charge in [0.1, 0.15) is 5.75 Å². The van der Waals surface area contributed by atoms with Crippen LogP contribution in [0.2, 0.25) is 0 Å². The van der Waals surface area contributed by atoms with E-state index in [0.29, 0.717) is 13.2 Å². The second-order valence-corrected chi connectivity index (χ2v) is 5.40. The molecular weight excluding hydrogens is 338 g/mol. The van der Waals surface area contributed by atoms with Crippen LogP contribution in [0.4, 0.5) is 0 Å². The smallest absolute Gasteiger partial charge is 0.147 e. The molecule has 5 heteroatoms. The molecule has 0 aromatic heterocycles. The van der Waals surface area contributed by atoms with Gasteiger partial charge in [0, 0.05) is 19.1 Å². The van der Waals surface area contributed by atoms with Crippen LogP contribution in [0.3, 0.4) is 0 Å². The molecule has 0 bridgehead atoms. The molecule has 0 saturated carbocycles. The monoisotopic (exact) mass is 351 g/mol. The summed E-state index contributed by atoms with van der Waals surface area (Å²) in [5, 5.41) is 8.91. The minimum absolute atomic E-state index is 0.119. The first-order chi connectivity index (χ1) is 7.58. The van der Waals surface area contributed by atoms with Crippen LogP contribution in [-0.2, 0) is 6.54 Å². The van der Waals surface area contributed by atoms with E-state index in [1.54, 1.807) is 0 Å². The number of benzene rings is 1. The Bertz CT molecular complexity index is 335. The van der Waals surface area contributed by atoms with Crippen molar-refractivity contribution in [2.24, 2.45) is 11.7 Å². The van der Waals surface area contributed by atoms with E-state index < -0.39 is 0 Å². The van der Waals surface area contributed by atoms with Gasteiger partial charge in [-0.3, -0.25) is 0 Å². The van der Waals surface area contributed by atoms with Crippen molar-refractivity contribution in [1.29, 1.82) is 0 Å². The lowest BCUT2D eigenvalue weighted by atomic mass is 10.2. The van der Waals surface area contributed by atoms with Crippen molar-refractivity contribution >= 4 is 31.9 Å². The maximum absolute atomic E-state index is 8.91. The predicted molar refractivity (Wildman–Crippen MR) is 71.5 cm³/mol. The largest absolute Gasteiger partial charge is 0.491 e. The molecule has 0 heterocycles. The van der Waals surface area contributed by atoms with Gasteiger partial charge in [-0.1, -0.05) is 6.92 Å². The third kappa shape index (κ3) is 3.73. The SMILES string of the molecule is CC(CO)COc1c(Br)cc(CN)cc1Br. The van der Waals surface area contributed by atoms with E-state index in [0.717, 1.165) is 20.3 Å². The zero-order chi connectivity index (χ0) is 12.1. The molecular formula is C11H15Br2NO2. The van der Waals surface area contributed by atoms with Crippen LogP contribution in [0.1, 0.15) is 12.5 Å². The van der Waals surface area contributed by atoms with Gasteiger partial charge >= 0.3 is 0 Å². The molecule has 0 spiro atoms. The Hall–Kier alpha value is -0.100. The van der Waals surface area contributed by atoms with E-state index in [1.807, 2.05) is 19.1 Å². The Morgan fingerprint density at radius 3 is 2.38 bits per heavy atom. The normalized spacial score (nSPS) is 12.6. The fourth-order valence-corrected chi connectivity index (χ4v) is 2.66. The molecule has 90 valence electrons. The van der Waals surface area contributed by atoms with Gasteiger partial charge in [0.15, 0.2) is 0 Å². The van der Waals surface area contributed by atoms with Gasteiger partial charge in [-0.2, -0.15) is 0 Å². The average molecular weight is 353 g/mol. The van der Waals surface area contributed by atoms with Crippen molar-refractivity contribution in [2.45, 2.75) is 13.5 Å². The molecule has 3 N–H and O–H groups in total. The summed E-state index contributed by atoms with van der Waals surface area (Å²) in [5.41, 5.74) is 6.59. The summed E-state index contributed by atoms with van der Waals surface area (Å²) in [7, 11) is 0. The van der Waals surface area contributed by atoms with Crippen molar-refractivity contribution < 1.29 is 9.84 Å². The van der Waals surface area contributed by atoms with Crippen molar-refractivity contribution in [3.63, 3.8) is 0 Å². The molecule has 1 rings (SSSR count). The molecule has 0 aliphatic rings. The highest BCUT2D eigenvalue weighted by atomic mass is 79.9. The predicted octanol–water partition coefficient (Wildman–Crippen LogP) is 2.68. The van der Waals surface area contributed by atoms with E-state index in [-0.39, 0.29) is 12.5 Å². The Morgan fingerprint density at radius 2 is 1.94 bits per heavy atom. The molecule has 1 atom stereocenters. The van der Waals surface area contributed by atoms with Gasteiger partial charge in [0.05, 0.1) is 15.6 Å². The van der Waals surface area contributed by atoms with Gasteiger partial charge in [-0.25, -0.2) is 0 Å². The van der Waals surface area contributed by atoms with E-state index in [4.69, 9.17) is 15.6 Å². The van der Waals surface area contributed by atoms with E-state index in [1.165, 1.54) is 0 Å². The second kappa shape index (κ2) is 6.59. The molecule has 0 amide bonds. The van der Waals surface area contributed by atoms with Crippen LogP contribution < -0.4 is 10.5 Å². The maximum Gasteiger partial charge on any atom is 0.147 e. The summed E-state index contributed by atoms with van der Waals surface area (Å²) in [6.45, 7) is 3.02. The number of hydrogen-bond acceptors (Lipinski definition) is 3. The lowest BCUT2D eigenvalue weighted by Gasteiger charge is -2.14. The topological polar surface area (TPSA) is 55.5 Å². The lowest BCUT2D eigenvalue weighted by molar-refractivity contribution is 0.173. The minimum atomic E-state index is 0.119. The summed E-state index contributed by atoms with van der Waals surface area (Å²) < 4.78 is 7.36. The highest BCUT2D eigenvalue weighted by Crippen LogP contribution is 2.34. The fraction of sp³-hybridized carbons (Fsp3) is 0.455. The minimum Gasteiger partial charge on any atom is -0.491 e. The van der Waals surface area contributed by atoms with Gasteiger partial charge in [-0.15, -0.1) is 0 Å². The number of ether oxygens (including phenoxy) is 1. The zero-order valence-electron chi connectivity index (χ0n) is 9.04. The van der Waals surface area contributed by atoms with E-state index in [9.17, 15) is 0 Å². The van der Waals surface area contributed by atoms with Crippen LogP contribution in [0.5, 0.6) is 5.75 Å². The van der Waals surface area contributed by atoms with Gasteiger partial charge in [-0.05, 0) is 49.6 Å². The molecule has 0 aliphatic heterocycles. The Morgan fingerprint density at radius 1 is 1.38 bits per heavy atom. The third-order valence-corrected chi connectivity index (χ3v) is 3.30. The van der Waals surface area contributed by atoms with Crippen LogP contribution >= 0.6 is 31.9 Å². The van der Waals surface area contributed by atoms with E-state index >= 15 is 0 Å². The van der Waals surface area contributed by atoms with Crippen LogP contribution in [-0.4, -0.2) is 18.3 Å². The molecule has 3 nitrogen and oxygen atoms in total. The maximum atomic E-state index is 8.91. The molecule has 0 fully saturated rings. The number of aliphatic hydroxyl groups excluding tert-OH is 1. The molecule has 0 aliphatic carbocycles. The highest BCUT2D eigenvalue weighted by molar-refractivity contribution is 9.11. The summed E-state index contributed by atoms with van der Waals surface area (Å²) >= 11 is 6.88. The average Bonchev–Trinajstić information content (AvgIpc) is 2.27. The Balaban J connectivity index is 2.80. The second-order valence-electron chi connectivity index (χ2n) is 3.69. The first-order valence-corrected chi connectivity index (χ1v) is 6.58. The Labute approximate surface area is 112 Å². The quantitative estimate of drug-likeness (QED) is 0.856. The molecule has 0 saturated heterocycles. The van der Waals surface area contributed by atoms with Gasteiger partial charge in [0.2, 0.25) is 0 Å². The molecule has 1 unspecified atom stereocenters. The van der Waals surface area contributed by atoms with Crippen molar-refractivity contribution in [1.82, 2.24) is 0 Å². The summed E-state index contributed by atoms with van der Waals surface area (Å²) in [6, 6.07) is 3.87. The lowest BCUT2D eigenvalue weighted by Crippen LogP contribution is -2.12. The van der Waals surface area contributed by atoms with Crippen LogP contribution in [0.25, 0.3) is 0 Å². The van der Waals surface area contributed by atoms with Crippen molar-refractivity contribution in [3.8, 4) is 5.75 Å². The number of aliphatic hydroxyl groups is 1. The summed E-state index contributed by atoms with van der Waals surface area (Å²) in [6.07, 6.45) is 0. The first-order valence-electron chi connectivity index (χ1n) is 5.00. The molecule has 1 aromatic carbocycles. The van der Waals surface area contributed by atoms with E-state index in [2.05, 4.69) is 31.9 Å². The number of rotatable bonds is 5. The Kier molecular flexibility index (Phi) is 5.75. The molecule has 1 aromatic rings. The third-order valence-electron chi connectivity index (χ3n) is 2.12. The standard InChI is InChI=1S/C11H15Br2NO2/c1-7(5-15)6-16-11-9(12)2-8(4-14)3-10(11)13/h2-3,7,15H,4-6,14H2,1H3. The molecule has 0 radical (unpaired) electrons. The zero-order valence-corrected chi connectivity index (χ0v) is 12.2. The fourth-order valence-electron chi connectivity index (χ4n) is 1.15. The van der Waals surface area contributed by atoms with Gasteiger partial charge < -0.3 is 15.6 Å². The summed E-state index contributed by atoms with van der Waals surface area (Å²) in [5.74, 6) is 0.866. The molecule has 16 heavy (non-hydrogen) atoms.